The van der Waals surface area contributed by atoms with Crippen molar-refractivity contribution in [2.75, 3.05) is 7.11 Å². The molecule has 0 amide bonds. The molecule has 21 heavy (non-hydrogen) atoms. The van der Waals surface area contributed by atoms with E-state index >= 15 is 0 Å². The van der Waals surface area contributed by atoms with E-state index in [4.69, 9.17) is 14.6 Å². The number of halogens is 2. The van der Waals surface area contributed by atoms with Crippen LogP contribution >= 0.6 is 0 Å². The van der Waals surface area contributed by atoms with Gasteiger partial charge in [0.05, 0.1) is 12.7 Å². The smallest absolute Gasteiger partial charge is 0.335 e. The van der Waals surface area contributed by atoms with Crippen LogP contribution in [0.3, 0.4) is 0 Å². The lowest BCUT2D eigenvalue weighted by Crippen LogP contribution is -2.02. The molecule has 2 aromatic rings. The zero-order valence-electron chi connectivity index (χ0n) is 11.1. The van der Waals surface area contributed by atoms with Gasteiger partial charge in [-0.1, -0.05) is 0 Å². The highest BCUT2D eigenvalue weighted by atomic mass is 19.1. The van der Waals surface area contributed by atoms with Gasteiger partial charge in [-0.25, -0.2) is 13.6 Å². The third-order valence-corrected chi connectivity index (χ3v) is 2.73. The Hall–Kier alpha value is -2.63. The largest absolute Gasteiger partial charge is 0.493 e. The van der Waals surface area contributed by atoms with Gasteiger partial charge >= 0.3 is 5.97 Å². The highest BCUT2D eigenvalue weighted by Gasteiger charge is 2.11. The second kappa shape index (κ2) is 6.21. The van der Waals surface area contributed by atoms with Crippen LogP contribution in [0.15, 0.2) is 36.4 Å². The Morgan fingerprint density at radius 1 is 1.10 bits per heavy atom. The molecule has 110 valence electrons. The minimum atomic E-state index is -1.11. The van der Waals surface area contributed by atoms with Crippen molar-refractivity contribution >= 4 is 5.97 Å². The van der Waals surface area contributed by atoms with Gasteiger partial charge in [0.1, 0.15) is 18.2 Å². The summed E-state index contributed by atoms with van der Waals surface area (Å²) >= 11 is 0. The molecule has 0 atom stereocenters. The van der Waals surface area contributed by atoms with E-state index in [1.54, 1.807) is 0 Å². The van der Waals surface area contributed by atoms with Gasteiger partial charge in [-0.2, -0.15) is 0 Å². The van der Waals surface area contributed by atoms with Gasteiger partial charge in [-0.05, 0) is 35.9 Å². The van der Waals surface area contributed by atoms with Gasteiger partial charge in [0.15, 0.2) is 11.5 Å². The number of benzene rings is 2. The van der Waals surface area contributed by atoms with Gasteiger partial charge in [-0.15, -0.1) is 0 Å². The number of aromatic carboxylic acids is 1. The fraction of sp³-hybridized carbons (Fsp3) is 0.133. The lowest BCUT2D eigenvalue weighted by atomic mass is 10.2. The van der Waals surface area contributed by atoms with Gasteiger partial charge in [0.2, 0.25) is 0 Å². The Kier molecular flexibility index (Phi) is 4.37. The molecule has 0 heterocycles. The second-order valence-corrected chi connectivity index (χ2v) is 4.24. The quantitative estimate of drug-likeness (QED) is 0.919. The van der Waals surface area contributed by atoms with E-state index in [9.17, 15) is 13.6 Å². The average Bonchev–Trinajstić information content (AvgIpc) is 2.43. The number of hydrogen-bond acceptors (Lipinski definition) is 3. The summed E-state index contributed by atoms with van der Waals surface area (Å²) in [6.07, 6.45) is 0. The van der Waals surface area contributed by atoms with Crippen molar-refractivity contribution in [2.24, 2.45) is 0 Å². The lowest BCUT2D eigenvalue weighted by Gasteiger charge is -2.11. The summed E-state index contributed by atoms with van der Waals surface area (Å²) < 4.78 is 36.6. The molecule has 0 fully saturated rings. The fourth-order valence-electron chi connectivity index (χ4n) is 1.78. The van der Waals surface area contributed by atoms with Crippen LogP contribution in [0.4, 0.5) is 8.78 Å². The summed E-state index contributed by atoms with van der Waals surface area (Å²) in [5.74, 6) is -2.02. The molecule has 0 aromatic heterocycles. The first-order valence-corrected chi connectivity index (χ1v) is 5.98. The van der Waals surface area contributed by atoms with Crippen LogP contribution in [0.5, 0.6) is 11.5 Å². The van der Waals surface area contributed by atoms with E-state index in [-0.39, 0.29) is 23.5 Å². The zero-order chi connectivity index (χ0) is 15.4. The summed E-state index contributed by atoms with van der Waals surface area (Å²) in [6.45, 7) is -0.117. The van der Waals surface area contributed by atoms with E-state index in [1.165, 1.54) is 25.3 Å². The highest BCUT2D eigenvalue weighted by Crippen LogP contribution is 2.29. The molecule has 0 aliphatic carbocycles. The van der Waals surface area contributed by atoms with E-state index < -0.39 is 17.6 Å². The first-order valence-electron chi connectivity index (χ1n) is 5.98. The van der Waals surface area contributed by atoms with Crippen LogP contribution in [0.25, 0.3) is 0 Å². The van der Waals surface area contributed by atoms with Crippen molar-refractivity contribution in [3.05, 3.63) is 59.2 Å². The van der Waals surface area contributed by atoms with Gasteiger partial charge in [-0.3, -0.25) is 0 Å². The number of methoxy groups -OCH3 is 1. The van der Waals surface area contributed by atoms with Crippen molar-refractivity contribution in [3.63, 3.8) is 0 Å². The van der Waals surface area contributed by atoms with Crippen LogP contribution in [0, 0.1) is 11.6 Å². The first-order chi connectivity index (χ1) is 9.99. The Bertz CT molecular complexity index is 650. The van der Waals surface area contributed by atoms with Crippen molar-refractivity contribution in [3.8, 4) is 11.5 Å². The number of ether oxygens (including phenoxy) is 2. The second-order valence-electron chi connectivity index (χ2n) is 4.24. The maximum Gasteiger partial charge on any atom is 0.335 e. The average molecular weight is 294 g/mol. The van der Waals surface area contributed by atoms with Gasteiger partial charge in [0.25, 0.3) is 0 Å². The Labute approximate surface area is 119 Å². The van der Waals surface area contributed by atoms with E-state index in [1.807, 2.05) is 0 Å². The summed E-state index contributed by atoms with van der Waals surface area (Å²) in [5, 5.41) is 8.94. The molecule has 0 aliphatic heterocycles. The third-order valence-electron chi connectivity index (χ3n) is 2.73. The number of carbonyl (C=O) groups is 1. The molecule has 0 bridgehead atoms. The molecule has 4 nitrogen and oxygen atoms in total. The Balaban J connectivity index is 2.21. The topological polar surface area (TPSA) is 55.8 Å². The molecule has 1 N–H and O–H groups in total. The molecular formula is C15H12F2O4. The predicted molar refractivity (Wildman–Crippen MR) is 70.6 cm³/mol. The minimum absolute atomic E-state index is 0.0243. The van der Waals surface area contributed by atoms with Crippen LogP contribution in [0.2, 0.25) is 0 Å². The van der Waals surface area contributed by atoms with Crippen molar-refractivity contribution in [1.29, 1.82) is 0 Å². The predicted octanol–water partition coefficient (Wildman–Crippen LogP) is 3.25. The molecule has 6 heteroatoms. The summed E-state index contributed by atoms with van der Waals surface area (Å²) in [6, 6.07) is 7.14. The number of rotatable bonds is 5. The van der Waals surface area contributed by atoms with Gasteiger partial charge < -0.3 is 14.6 Å². The van der Waals surface area contributed by atoms with Crippen LogP contribution in [0.1, 0.15) is 15.9 Å². The van der Waals surface area contributed by atoms with E-state index in [0.717, 1.165) is 18.2 Å². The molecule has 0 radical (unpaired) electrons. The third kappa shape index (κ3) is 3.68. The Morgan fingerprint density at radius 3 is 2.33 bits per heavy atom. The summed E-state index contributed by atoms with van der Waals surface area (Å²) in [5.41, 5.74) is 0.312. The van der Waals surface area contributed by atoms with Crippen molar-refractivity contribution in [1.82, 2.24) is 0 Å². The normalized spacial score (nSPS) is 10.2. The Morgan fingerprint density at radius 2 is 1.76 bits per heavy atom. The number of hydrogen-bond donors (Lipinski definition) is 1. The standard InChI is InChI=1S/C15H12F2O4/c1-20-13-3-2-10(15(18)19)6-14(13)21-8-9-4-11(16)7-12(17)5-9/h2-7H,8H2,1H3,(H,18,19). The summed E-state index contributed by atoms with van der Waals surface area (Å²) in [7, 11) is 1.41. The molecule has 2 rings (SSSR count). The van der Waals surface area contributed by atoms with Crippen LogP contribution < -0.4 is 9.47 Å². The minimum Gasteiger partial charge on any atom is -0.493 e. The molecule has 0 aliphatic rings. The maximum atomic E-state index is 13.1. The van der Waals surface area contributed by atoms with Crippen molar-refractivity contribution in [2.45, 2.75) is 6.61 Å². The van der Waals surface area contributed by atoms with Gasteiger partial charge in [0, 0.05) is 6.07 Å². The molecule has 0 spiro atoms. The fourth-order valence-corrected chi connectivity index (χ4v) is 1.78. The monoisotopic (exact) mass is 294 g/mol. The van der Waals surface area contributed by atoms with E-state index in [0.29, 0.717) is 5.75 Å². The number of carboxylic acid groups (broad SMARTS) is 1. The van der Waals surface area contributed by atoms with Crippen molar-refractivity contribution < 1.29 is 28.2 Å². The van der Waals surface area contributed by atoms with Crippen LogP contribution in [-0.4, -0.2) is 18.2 Å². The zero-order valence-corrected chi connectivity index (χ0v) is 11.1. The molecular weight excluding hydrogens is 282 g/mol. The first kappa shape index (κ1) is 14.8. The molecule has 2 aromatic carbocycles. The lowest BCUT2D eigenvalue weighted by molar-refractivity contribution is 0.0696. The van der Waals surface area contributed by atoms with E-state index in [2.05, 4.69) is 0 Å². The number of carboxylic acids is 1. The highest BCUT2D eigenvalue weighted by molar-refractivity contribution is 5.88. The molecule has 0 unspecified atom stereocenters. The van der Waals surface area contributed by atoms with Crippen LogP contribution in [-0.2, 0) is 6.61 Å². The maximum absolute atomic E-state index is 13.1. The SMILES string of the molecule is COc1ccc(C(=O)O)cc1OCc1cc(F)cc(F)c1. The molecule has 0 saturated heterocycles. The molecule has 0 saturated carbocycles. The summed E-state index contributed by atoms with van der Waals surface area (Å²) in [4.78, 5) is 10.9.